The van der Waals surface area contributed by atoms with E-state index in [2.05, 4.69) is 64.5 Å². The van der Waals surface area contributed by atoms with Gasteiger partial charge in [0.05, 0.1) is 25.4 Å². The molecule has 2 heterocycles. The third-order valence-electron chi connectivity index (χ3n) is 4.75. The van der Waals surface area contributed by atoms with Crippen LogP contribution in [0.1, 0.15) is 23.7 Å². The fraction of sp³-hybridized carbons (Fsp3) is 0.333. The van der Waals surface area contributed by atoms with Gasteiger partial charge < -0.3 is 14.2 Å². The Labute approximate surface area is 156 Å². The minimum atomic E-state index is -0.173. The highest BCUT2D eigenvalue weighted by atomic mass is 79.9. The highest BCUT2D eigenvalue weighted by molar-refractivity contribution is 9.10. The molecule has 0 radical (unpaired) electrons. The Bertz CT molecular complexity index is 708. The van der Waals surface area contributed by atoms with Crippen molar-refractivity contribution in [2.24, 2.45) is 5.92 Å². The van der Waals surface area contributed by atoms with Gasteiger partial charge in [0.15, 0.2) is 6.29 Å². The average molecular weight is 401 g/mol. The quantitative estimate of drug-likeness (QED) is 0.723. The van der Waals surface area contributed by atoms with Crippen LogP contribution < -0.4 is 0 Å². The maximum Gasteiger partial charge on any atom is 0.163 e. The molecule has 0 unspecified atom stereocenters. The zero-order valence-corrected chi connectivity index (χ0v) is 15.5. The third-order valence-corrected chi connectivity index (χ3v) is 5.28. The minimum Gasteiger partial charge on any atom is -0.366 e. The molecule has 2 aliphatic rings. The zero-order chi connectivity index (χ0) is 17.1. The molecule has 4 rings (SSSR count). The predicted octanol–water partition coefficient (Wildman–Crippen LogP) is 4.98. The lowest BCUT2D eigenvalue weighted by molar-refractivity contribution is -0.0939. The van der Waals surface area contributed by atoms with Crippen molar-refractivity contribution in [3.8, 4) is 0 Å². The Morgan fingerprint density at radius 3 is 2.36 bits per heavy atom. The fourth-order valence-corrected chi connectivity index (χ4v) is 3.73. The molecule has 2 saturated heterocycles. The van der Waals surface area contributed by atoms with Crippen LogP contribution in [0.3, 0.4) is 0 Å². The van der Waals surface area contributed by atoms with Gasteiger partial charge in [-0.25, -0.2) is 0 Å². The lowest BCUT2D eigenvalue weighted by Gasteiger charge is -2.20. The molecule has 2 aromatic rings. The summed E-state index contributed by atoms with van der Waals surface area (Å²) in [7, 11) is 0. The summed E-state index contributed by atoms with van der Waals surface area (Å²) < 4.78 is 19.0. The summed E-state index contributed by atoms with van der Waals surface area (Å²) in [6.45, 7) is 1.33. The maximum atomic E-state index is 6.36. The lowest BCUT2D eigenvalue weighted by atomic mass is 9.95. The van der Waals surface area contributed by atoms with Crippen molar-refractivity contribution in [1.82, 2.24) is 0 Å². The van der Waals surface area contributed by atoms with Crippen LogP contribution in [0, 0.1) is 5.92 Å². The van der Waals surface area contributed by atoms with E-state index in [0.717, 1.165) is 16.5 Å². The highest BCUT2D eigenvalue weighted by Crippen LogP contribution is 2.41. The number of rotatable bonds is 4. The standard InChI is InChI=1S/C21H21BrO3/c22-17-9-6-15(7-10-17)8-11-19-18(21-23-12-13-24-21)14-20(25-19)16-4-2-1-3-5-16/h1-11,18-21H,12-14H2/b11-8+/t18-,19+,20-/m0/s1. The van der Waals surface area contributed by atoms with Crippen LogP contribution in [0.2, 0.25) is 0 Å². The molecule has 25 heavy (non-hydrogen) atoms. The van der Waals surface area contributed by atoms with Gasteiger partial charge in [-0.05, 0) is 29.7 Å². The average Bonchev–Trinajstić information content (AvgIpc) is 3.31. The predicted molar refractivity (Wildman–Crippen MR) is 101 cm³/mol. The van der Waals surface area contributed by atoms with E-state index >= 15 is 0 Å². The molecule has 0 saturated carbocycles. The Morgan fingerprint density at radius 2 is 1.64 bits per heavy atom. The summed E-state index contributed by atoms with van der Waals surface area (Å²) in [5, 5.41) is 0. The van der Waals surface area contributed by atoms with Crippen LogP contribution in [0.5, 0.6) is 0 Å². The second kappa shape index (κ2) is 7.83. The van der Waals surface area contributed by atoms with E-state index in [9.17, 15) is 0 Å². The number of hydrogen-bond acceptors (Lipinski definition) is 3. The molecule has 0 aromatic heterocycles. The Morgan fingerprint density at radius 1 is 0.920 bits per heavy atom. The summed E-state index contributed by atoms with van der Waals surface area (Å²) >= 11 is 3.47. The molecule has 0 amide bonds. The van der Waals surface area contributed by atoms with Crippen molar-refractivity contribution in [3.63, 3.8) is 0 Å². The van der Waals surface area contributed by atoms with E-state index in [1.165, 1.54) is 5.56 Å². The van der Waals surface area contributed by atoms with Crippen molar-refractivity contribution in [2.45, 2.75) is 24.9 Å². The van der Waals surface area contributed by atoms with E-state index in [1.54, 1.807) is 0 Å². The van der Waals surface area contributed by atoms with Gasteiger partial charge in [-0.2, -0.15) is 0 Å². The van der Waals surface area contributed by atoms with Gasteiger partial charge in [0.1, 0.15) is 0 Å². The van der Waals surface area contributed by atoms with Crippen LogP contribution in [0.25, 0.3) is 6.08 Å². The minimum absolute atomic E-state index is 0.0167. The molecule has 0 aliphatic carbocycles. The number of benzene rings is 2. The SMILES string of the molecule is Brc1ccc(/C=C/[C@H]2O[C@H](c3ccccc3)C[C@@H]2C2OCCO2)cc1. The monoisotopic (exact) mass is 400 g/mol. The third kappa shape index (κ3) is 4.04. The largest absolute Gasteiger partial charge is 0.366 e. The summed E-state index contributed by atoms with van der Waals surface area (Å²) in [5.74, 6) is 0.208. The molecule has 2 aliphatic heterocycles. The Kier molecular flexibility index (Phi) is 5.32. The van der Waals surface area contributed by atoms with Gasteiger partial charge in [-0.3, -0.25) is 0 Å². The van der Waals surface area contributed by atoms with Crippen molar-refractivity contribution in [1.29, 1.82) is 0 Å². The van der Waals surface area contributed by atoms with Crippen molar-refractivity contribution < 1.29 is 14.2 Å². The van der Waals surface area contributed by atoms with E-state index in [0.29, 0.717) is 13.2 Å². The normalized spacial score (nSPS) is 27.3. The molecular weight excluding hydrogens is 380 g/mol. The molecule has 0 spiro atoms. The molecule has 4 heteroatoms. The maximum absolute atomic E-state index is 6.36. The molecule has 0 N–H and O–H groups in total. The van der Waals surface area contributed by atoms with Crippen LogP contribution in [-0.4, -0.2) is 25.6 Å². The highest BCUT2D eigenvalue weighted by Gasteiger charge is 2.41. The Balaban J connectivity index is 1.53. The number of halogens is 1. The van der Waals surface area contributed by atoms with E-state index in [4.69, 9.17) is 14.2 Å². The summed E-state index contributed by atoms with van der Waals surface area (Å²) in [6.07, 6.45) is 5.06. The van der Waals surface area contributed by atoms with Gasteiger partial charge >= 0.3 is 0 Å². The van der Waals surface area contributed by atoms with Crippen LogP contribution in [-0.2, 0) is 14.2 Å². The molecule has 3 nitrogen and oxygen atoms in total. The number of ether oxygens (including phenoxy) is 3. The summed E-state index contributed by atoms with van der Waals surface area (Å²) in [4.78, 5) is 0. The number of hydrogen-bond donors (Lipinski definition) is 0. The summed E-state index contributed by atoms with van der Waals surface area (Å²) in [6, 6.07) is 18.7. The van der Waals surface area contributed by atoms with Crippen LogP contribution >= 0.6 is 15.9 Å². The molecule has 130 valence electrons. The second-order valence-corrected chi connectivity index (χ2v) is 7.34. The molecule has 0 bridgehead atoms. The van der Waals surface area contributed by atoms with Crippen molar-refractivity contribution >= 4 is 22.0 Å². The second-order valence-electron chi connectivity index (χ2n) is 6.42. The molecular formula is C21H21BrO3. The van der Waals surface area contributed by atoms with Crippen LogP contribution in [0.15, 0.2) is 65.1 Å². The fourth-order valence-electron chi connectivity index (χ4n) is 3.47. The molecule has 2 fully saturated rings. The smallest absolute Gasteiger partial charge is 0.163 e. The van der Waals surface area contributed by atoms with Gasteiger partial charge in [0.25, 0.3) is 0 Å². The first-order valence-electron chi connectivity index (χ1n) is 8.67. The first-order chi connectivity index (χ1) is 12.3. The van der Waals surface area contributed by atoms with Gasteiger partial charge in [-0.1, -0.05) is 70.5 Å². The van der Waals surface area contributed by atoms with Gasteiger partial charge in [-0.15, -0.1) is 0 Å². The van der Waals surface area contributed by atoms with E-state index in [-0.39, 0.29) is 24.4 Å². The summed E-state index contributed by atoms with van der Waals surface area (Å²) in [5.41, 5.74) is 2.37. The van der Waals surface area contributed by atoms with Crippen molar-refractivity contribution in [2.75, 3.05) is 13.2 Å². The molecule has 3 atom stereocenters. The first kappa shape index (κ1) is 17.0. The molecule has 2 aromatic carbocycles. The Hall–Kier alpha value is -1.46. The lowest BCUT2D eigenvalue weighted by Crippen LogP contribution is -2.27. The van der Waals surface area contributed by atoms with Gasteiger partial charge in [0.2, 0.25) is 0 Å². The van der Waals surface area contributed by atoms with Gasteiger partial charge in [0, 0.05) is 10.4 Å². The topological polar surface area (TPSA) is 27.7 Å². The van der Waals surface area contributed by atoms with Crippen molar-refractivity contribution in [3.05, 3.63) is 76.3 Å². The van der Waals surface area contributed by atoms with Crippen LogP contribution in [0.4, 0.5) is 0 Å². The zero-order valence-electron chi connectivity index (χ0n) is 13.9. The van der Waals surface area contributed by atoms with E-state index in [1.807, 2.05) is 18.2 Å². The van der Waals surface area contributed by atoms with E-state index < -0.39 is 0 Å². The first-order valence-corrected chi connectivity index (χ1v) is 9.46.